The maximum Gasteiger partial charge on any atom is 0.248 e. The molecule has 0 aliphatic carbocycles. The summed E-state index contributed by atoms with van der Waals surface area (Å²) in [6, 6.07) is 16.9. The summed E-state index contributed by atoms with van der Waals surface area (Å²) in [5, 5.41) is 3.28. The molecule has 2 aromatic carbocycles. The molecule has 0 saturated heterocycles. The fourth-order valence-corrected chi connectivity index (χ4v) is 2.33. The van der Waals surface area contributed by atoms with Crippen LogP contribution in [0.3, 0.4) is 0 Å². The molecule has 3 N–H and O–H groups in total. The van der Waals surface area contributed by atoms with Crippen LogP contribution in [-0.2, 0) is 6.54 Å². The molecule has 0 saturated carbocycles. The Bertz CT molecular complexity index is 721. The number of benzene rings is 2. The Morgan fingerprint density at radius 3 is 2.41 bits per heavy atom. The van der Waals surface area contributed by atoms with Gasteiger partial charge < -0.3 is 20.7 Å². The molecule has 2 rings (SSSR count). The number of amides is 1. The van der Waals surface area contributed by atoms with Crippen molar-refractivity contribution in [1.82, 2.24) is 10.2 Å². The molecule has 0 aliphatic rings. The van der Waals surface area contributed by atoms with Crippen molar-refractivity contribution in [2.75, 3.05) is 26.7 Å². The number of halogens is 1. The Morgan fingerprint density at radius 2 is 1.81 bits per heavy atom. The van der Waals surface area contributed by atoms with Gasteiger partial charge in [0.25, 0.3) is 0 Å². The molecule has 6 nitrogen and oxygen atoms in total. The fourth-order valence-electron chi connectivity index (χ4n) is 2.33. The van der Waals surface area contributed by atoms with Crippen molar-refractivity contribution in [1.29, 1.82) is 0 Å². The number of carbonyl (C=O) groups is 1. The number of hydrogen-bond acceptors (Lipinski definition) is 3. The van der Waals surface area contributed by atoms with Gasteiger partial charge in [-0.3, -0.25) is 4.79 Å². The third kappa shape index (κ3) is 7.86. The summed E-state index contributed by atoms with van der Waals surface area (Å²) in [4.78, 5) is 17.8. The monoisotopic (exact) mass is 482 g/mol. The molecule has 0 heterocycles. The first-order valence-corrected chi connectivity index (χ1v) is 8.66. The van der Waals surface area contributed by atoms with Crippen molar-refractivity contribution >= 4 is 35.8 Å². The molecule has 1 amide bonds. The molecule has 0 spiro atoms. The first-order valence-electron chi connectivity index (χ1n) is 8.66. The van der Waals surface area contributed by atoms with Gasteiger partial charge in [-0.15, -0.1) is 24.0 Å². The number of para-hydroxylation sites is 1. The highest BCUT2D eigenvalue weighted by Crippen LogP contribution is 2.08. The maximum absolute atomic E-state index is 11.1. The molecular formula is C20H27IN4O2. The number of nitrogens with zero attached hydrogens (tertiary/aromatic N) is 2. The number of hydrogen-bond donors (Lipinski definition) is 2. The highest BCUT2D eigenvalue weighted by Gasteiger charge is 2.06. The summed E-state index contributed by atoms with van der Waals surface area (Å²) in [6.45, 7) is 4.61. The van der Waals surface area contributed by atoms with Crippen molar-refractivity contribution < 1.29 is 9.53 Å². The smallest absolute Gasteiger partial charge is 0.248 e. The SMILES string of the molecule is CCNC(=NCc1ccc(C(N)=O)cc1)N(C)CCOc1ccccc1.I. The molecule has 2 aromatic rings. The topological polar surface area (TPSA) is 79.9 Å². The van der Waals surface area contributed by atoms with E-state index in [4.69, 9.17) is 10.5 Å². The van der Waals surface area contributed by atoms with Gasteiger partial charge >= 0.3 is 0 Å². The van der Waals surface area contributed by atoms with Gasteiger partial charge in [0.1, 0.15) is 12.4 Å². The summed E-state index contributed by atoms with van der Waals surface area (Å²) < 4.78 is 5.74. The lowest BCUT2D eigenvalue weighted by molar-refractivity contribution is 0.100. The predicted octanol–water partition coefficient (Wildman–Crippen LogP) is 2.88. The summed E-state index contributed by atoms with van der Waals surface area (Å²) in [6.07, 6.45) is 0. The van der Waals surface area contributed by atoms with Crippen molar-refractivity contribution in [2.24, 2.45) is 10.7 Å². The van der Waals surface area contributed by atoms with E-state index in [1.807, 2.05) is 61.3 Å². The van der Waals surface area contributed by atoms with E-state index in [9.17, 15) is 4.79 Å². The number of nitrogens with one attached hydrogen (secondary N) is 1. The molecule has 7 heteroatoms. The van der Waals surface area contributed by atoms with E-state index in [0.717, 1.165) is 23.8 Å². The summed E-state index contributed by atoms with van der Waals surface area (Å²) >= 11 is 0. The molecule has 0 aliphatic heterocycles. The number of ether oxygens (including phenoxy) is 1. The van der Waals surface area contributed by atoms with Crippen LogP contribution in [0.15, 0.2) is 59.6 Å². The number of aliphatic imine (C=N–C) groups is 1. The van der Waals surface area contributed by atoms with Crippen LogP contribution in [-0.4, -0.2) is 43.5 Å². The molecule has 0 atom stereocenters. The van der Waals surface area contributed by atoms with Gasteiger partial charge in [-0.2, -0.15) is 0 Å². The molecule has 0 fully saturated rings. The quantitative estimate of drug-likeness (QED) is 0.345. The Morgan fingerprint density at radius 1 is 1.15 bits per heavy atom. The Kier molecular flexibility index (Phi) is 10.2. The van der Waals surface area contributed by atoms with Gasteiger partial charge in [0.15, 0.2) is 5.96 Å². The lowest BCUT2D eigenvalue weighted by Crippen LogP contribution is -2.40. The van der Waals surface area contributed by atoms with Crippen molar-refractivity contribution in [2.45, 2.75) is 13.5 Å². The van der Waals surface area contributed by atoms with Crippen molar-refractivity contribution in [3.8, 4) is 5.75 Å². The minimum atomic E-state index is -0.425. The normalized spacial score (nSPS) is 10.7. The zero-order valence-corrected chi connectivity index (χ0v) is 18.1. The van der Waals surface area contributed by atoms with E-state index >= 15 is 0 Å². The predicted molar refractivity (Wildman–Crippen MR) is 120 cm³/mol. The minimum absolute atomic E-state index is 0. The molecule has 0 radical (unpaired) electrons. The number of primary amides is 1. The average molecular weight is 482 g/mol. The van der Waals surface area contributed by atoms with Crippen LogP contribution in [0.5, 0.6) is 5.75 Å². The molecule has 27 heavy (non-hydrogen) atoms. The Balaban J connectivity index is 0.00000364. The van der Waals surface area contributed by atoms with Crippen LogP contribution < -0.4 is 15.8 Å². The lowest BCUT2D eigenvalue weighted by atomic mass is 10.1. The van der Waals surface area contributed by atoms with E-state index in [0.29, 0.717) is 25.3 Å². The van der Waals surface area contributed by atoms with Gasteiger partial charge in [-0.05, 0) is 36.8 Å². The van der Waals surface area contributed by atoms with Gasteiger partial charge in [-0.1, -0.05) is 30.3 Å². The third-order valence-corrected chi connectivity index (χ3v) is 3.78. The van der Waals surface area contributed by atoms with E-state index < -0.39 is 5.91 Å². The van der Waals surface area contributed by atoms with Crippen LogP contribution in [0.2, 0.25) is 0 Å². The summed E-state index contributed by atoms with van der Waals surface area (Å²) in [5.41, 5.74) is 6.77. The van der Waals surface area contributed by atoms with Crippen molar-refractivity contribution in [3.05, 3.63) is 65.7 Å². The number of rotatable bonds is 8. The van der Waals surface area contributed by atoms with Crippen LogP contribution in [0.1, 0.15) is 22.8 Å². The minimum Gasteiger partial charge on any atom is -0.492 e. The van der Waals surface area contributed by atoms with Gasteiger partial charge in [0, 0.05) is 19.2 Å². The second-order valence-electron chi connectivity index (χ2n) is 5.81. The fraction of sp³-hybridized carbons (Fsp3) is 0.300. The summed E-state index contributed by atoms with van der Waals surface area (Å²) in [7, 11) is 1.98. The van der Waals surface area contributed by atoms with E-state index in [1.165, 1.54) is 0 Å². The number of likely N-dealkylation sites (N-methyl/N-ethyl adjacent to an activating group) is 1. The number of nitrogens with two attached hydrogens (primary N) is 1. The van der Waals surface area contributed by atoms with E-state index in [-0.39, 0.29) is 24.0 Å². The Labute approximate surface area is 177 Å². The second-order valence-corrected chi connectivity index (χ2v) is 5.81. The van der Waals surface area contributed by atoms with E-state index in [2.05, 4.69) is 10.3 Å². The zero-order chi connectivity index (χ0) is 18.8. The molecular weight excluding hydrogens is 455 g/mol. The Hall–Kier alpha value is -2.29. The first-order chi connectivity index (χ1) is 12.6. The van der Waals surface area contributed by atoms with Crippen LogP contribution in [0.25, 0.3) is 0 Å². The standard InChI is InChI=1S/C20H26N4O2.HI/c1-3-22-20(23-15-16-9-11-17(12-10-16)19(21)25)24(2)13-14-26-18-7-5-4-6-8-18;/h4-12H,3,13-15H2,1-2H3,(H2,21,25)(H,22,23);1H. The van der Waals surface area contributed by atoms with Gasteiger partial charge in [-0.25, -0.2) is 4.99 Å². The first kappa shape index (κ1) is 22.8. The molecule has 0 unspecified atom stereocenters. The highest BCUT2D eigenvalue weighted by molar-refractivity contribution is 14.0. The summed E-state index contributed by atoms with van der Waals surface area (Å²) in [5.74, 6) is 1.24. The second kappa shape index (κ2) is 12.2. The number of carbonyl (C=O) groups excluding carboxylic acids is 1. The number of guanidine groups is 1. The largest absolute Gasteiger partial charge is 0.492 e. The molecule has 0 bridgehead atoms. The van der Waals surface area contributed by atoms with Crippen molar-refractivity contribution in [3.63, 3.8) is 0 Å². The van der Waals surface area contributed by atoms with Crippen LogP contribution in [0, 0.1) is 0 Å². The highest BCUT2D eigenvalue weighted by atomic mass is 127. The van der Waals surface area contributed by atoms with E-state index in [1.54, 1.807) is 12.1 Å². The lowest BCUT2D eigenvalue weighted by Gasteiger charge is -2.22. The van der Waals surface area contributed by atoms with Gasteiger partial charge in [0.05, 0.1) is 13.1 Å². The van der Waals surface area contributed by atoms with Crippen LogP contribution in [0.4, 0.5) is 0 Å². The van der Waals surface area contributed by atoms with Gasteiger partial charge in [0.2, 0.25) is 5.91 Å². The average Bonchev–Trinajstić information content (AvgIpc) is 2.66. The van der Waals surface area contributed by atoms with Crippen LogP contribution >= 0.6 is 24.0 Å². The zero-order valence-electron chi connectivity index (χ0n) is 15.7. The third-order valence-electron chi connectivity index (χ3n) is 3.78. The molecule has 0 aromatic heterocycles. The maximum atomic E-state index is 11.1. The molecule has 146 valence electrons.